The fourth-order valence-corrected chi connectivity index (χ4v) is 3.43. The van der Waals surface area contributed by atoms with E-state index in [1.54, 1.807) is 0 Å². The van der Waals surface area contributed by atoms with E-state index >= 15 is 0 Å². The first-order valence-electron chi connectivity index (χ1n) is 8.24. The van der Waals surface area contributed by atoms with Crippen molar-refractivity contribution in [3.63, 3.8) is 0 Å². The Morgan fingerprint density at radius 2 is 1.96 bits per heavy atom. The molecule has 1 amide bonds. The first-order valence-corrected chi connectivity index (χ1v) is 8.65. The lowest BCUT2D eigenvalue weighted by Crippen LogP contribution is -2.39. The fourth-order valence-electron chi connectivity index (χ4n) is 3.14. The highest BCUT2D eigenvalue weighted by molar-refractivity contribution is 7.71. The van der Waals surface area contributed by atoms with Crippen molar-refractivity contribution in [2.75, 3.05) is 13.1 Å². The minimum atomic E-state index is -0.186. The van der Waals surface area contributed by atoms with Crippen molar-refractivity contribution in [1.29, 1.82) is 0 Å². The van der Waals surface area contributed by atoms with Crippen LogP contribution in [0.15, 0.2) is 30.3 Å². The number of rotatable bonds is 5. The third-order valence-corrected chi connectivity index (χ3v) is 5.05. The van der Waals surface area contributed by atoms with Gasteiger partial charge in [0.25, 0.3) is 0 Å². The van der Waals surface area contributed by atoms with Gasteiger partial charge in [-0.25, -0.2) is 4.68 Å². The van der Waals surface area contributed by atoms with Gasteiger partial charge in [0, 0.05) is 19.0 Å². The first kappa shape index (κ1) is 16.9. The molecule has 2 N–H and O–H groups in total. The number of carbonyl (C=O) groups excluding carboxylic acids is 1. The Balaban J connectivity index is 1.68. The van der Waals surface area contributed by atoms with Crippen LogP contribution in [0.25, 0.3) is 0 Å². The van der Waals surface area contributed by atoms with E-state index in [4.69, 9.17) is 18.0 Å². The van der Waals surface area contributed by atoms with E-state index in [1.165, 1.54) is 5.56 Å². The van der Waals surface area contributed by atoms with Gasteiger partial charge in [0.05, 0.1) is 13.2 Å². The van der Waals surface area contributed by atoms with Crippen molar-refractivity contribution in [2.45, 2.75) is 33.0 Å². The Kier molecular flexibility index (Phi) is 5.11. The minimum Gasteiger partial charge on any atom is -0.369 e. The summed E-state index contributed by atoms with van der Waals surface area (Å²) >= 11 is 5.61. The van der Waals surface area contributed by atoms with Gasteiger partial charge in [0.2, 0.25) is 5.91 Å². The number of hydrogen-bond acceptors (Lipinski definition) is 4. The van der Waals surface area contributed by atoms with E-state index < -0.39 is 0 Å². The van der Waals surface area contributed by atoms with Crippen molar-refractivity contribution in [3.8, 4) is 0 Å². The standard InChI is InChI=1S/C17H23N5OS/c1-13-19-22(12-20-9-7-15(8-10-20)16(18)23)17(24)21(13)11-14-5-3-2-4-6-14/h2-6,15H,7-12H2,1H3,(H2,18,23). The molecule has 0 spiro atoms. The van der Waals surface area contributed by atoms with Crippen LogP contribution in [-0.4, -0.2) is 38.2 Å². The molecule has 1 saturated heterocycles. The van der Waals surface area contributed by atoms with Crippen molar-refractivity contribution in [3.05, 3.63) is 46.5 Å². The molecule has 0 unspecified atom stereocenters. The van der Waals surface area contributed by atoms with Crippen LogP contribution in [0.1, 0.15) is 24.2 Å². The largest absolute Gasteiger partial charge is 0.369 e. The van der Waals surface area contributed by atoms with Crippen LogP contribution in [0.2, 0.25) is 0 Å². The topological polar surface area (TPSA) is 69.1 Å². The van der Waals surface area contributed by atoms with Gasteiger partial charge in [-0.05, 0) is 37.5 Å². The van der Waals surface area contributed by atoms with Gasteiger partial charge in [0.1, 0.15) is 5.82 Å². The van der Waals surface area contributed by atoms with Crippen LogP contribution < -0.4 is 5.73 Å². The summed E-state index contributed by atoms with van der Waals surface area (Å²) in [7, 11) is 0. The lowest BCUT2D eigenvalue weighted by Gasteiger charge is -2.30. The summed E-state index contributed by atoms with van der Waals surface area (Å²) in [4.78, 5) is 13.5. The fraction of sp³-hybridized carbons (Fsp3) is 0.471. The number of aromatic nitrogens is 3. The number of carbonyl (C=O) groups is 1. The smallest absolute Gasteiger partial charge is 0.220 e. The van der Waals surface area contributed by atoms with Crippen LogP contribution in [0, 0.1) is 17.6 Å². The number of benzene rings is 1. The van der Waals surface area contributed by atoms with Gasteiger partial charge in [-0.3, -0.25) is 14.3 Å². The predicted molar refractivity (Wildman–Crippen MR) is 94.8 cm³/mol. The molecule has 2 aromatic rings. The molecule has 1 fully saturated rings. The number of piperidine rings is 1. The maximum absolute atomic E-state index is 11.3. The number of nitrogens with zero attached hydrogens (tertiary/aromatic N) is 4. The number of amides is 1. The van der Waals surface area contributed by atoms with Gasteiger partial charge in [0.15, 0.2) is 4.77 Å². The Morgan fingerprint density at radius 3 is 2.58 bits per heavy atom. The molecule has 0 aliphatic carbocycles. The quantitative estimate of drug-likeness (QED) is 0.841. The predicted octanol–water partition coefficient (Wildman–Crippen LogP) is 1.93. The van der Waals surface area contributed by atoms with E-state index in [1.807, 2.05) is 29.8 Å². The zero-order valence-corrected chi connectivity index (χ0v) is 14.7. The van der Waals surface area contributed by atoms with Gasteiger partial charge in [-0.15, -0.1) is 0 Å². The van der Waals surface area contributed by atoms with E-state index in [-0.39, 0.29) is 11.8 Å². The van der Waals surface area contributed by atoms with E-state index in [9.17, 15) is 4.79 Å². The van der Waals surface area contributed by atoms with E-state index in [0.717, 1.165) is 43.1 Å². The van der Waals surface area contributed by atoms with Crippen LogP contribution in [0.3, 0.4) is 0 Å². The summed E-state index contributed by atoms with van der Waals surface area (Å²) in [6, 6.07) is 10.2. The summed E-state index contributed by atoms with van der Waals surface area (Å²) < 4.78 is 4.66. The molecule has 0 atom stereocenters. The van der Waals surface area contributed by atoms with Gasteiger partial charge < -0.3 is 5.73 Å². The molecule has 24 heavy (non-hydrogen) atoms. The van der Waals surface area contributed by atoms with Crippen LogP contribution in [0.5, 0.6) is 0 Å². The molecule has 0 radical (unpaired) electrons. The molecule has 6 nitrogen and oxygen atoms in total. The van der Waals surface area contributed by atoms with Crippen LogP contribution in [-0.2, 0) is 18.0 Å². The number of likely N-dealkylation sites (tertiary alicyclic amines) is 1. The summed E-state index contributed by atoms with van der Waals surface area (Å²) in [5.74, 6) is 0.733. The molecule has 1 aliphatic heterocycles. The lowest BCUT2D eigenvalue weighted by atomic mass is 9.97. The second kappa shape index (κ2) is 7.27. The Labute approximate surface area is 146 Å². The minimum absolute atomic E-state index is 0.00611. The second-order valence-electron chi connectivity index (χ2n) is 6.34. The second-order valence-corrected chi connectivity index (χ2v) is 6.70. The monoisotopic (exact) mass is 345 g/mol. The summed E-state index contributed by atoms with van der Waals surface area (Å²) in [6.07, 6.45) is 1.62. The lowest BCUT2D eigenvalue weighted by molar-refractivity contribution is -0.123. The van der Waals surface area contributed by atoms with Gasteiger partial charge >= 0.3 is 0 Å². The van der Waals surface area contributed by atoms with Gasteiger partial charge in [-0.1, -0.05) is 30.3 Å². The highest BCUT2D eigenvalue weighted by Gasteiger charge is 2.23. The number of nitrogens with two attached hydrogens (primary N) is 1. The van der Waals surface area contributed by atoms with Gasteiger partial charge in [-0.2, -0.15) is 5.10 Å². The van der Waals surface area contributed by atoms with E-state index in [0.29, 0.717) is 6.67 Å². The first-order chi connectivity index (χ1) is 11.5. The third kappa shape index (κ3) is 3.73. The summed E-state index contributed by atoms with van der Waals surface area (Å²) in [5, 5.41) is 4.60. The van der Waals surface area contributed by atoms with Crippen LogP contribution in [0.4, 0.5) is 0 Å². The number of primary amides is 1. The molecule has 1 aliphatic rings. The molecule has 3 rings (SSSR count). The maximum Gasteiger partial charge on any atom is 0.220 e. The molecule has 0 saturated carbocycles. The number of hydrogen-bond donors (Lipinski definition) is 1. The average molecular weight is 345 g/mol. The van der Waals surface area contributed by atoms with Crippen molar-refractivity contribution >= 4 is 18.1 Å². The Morgan fingerprint density at radius 1 is 1.29 bits per heavy atom. The highest BCUT2D eigenvalue weighted by Crippen LogP contribution is 2.17. The molecule has 7 heteroatoms. The van der Waals surface area contributed by atoms with Crippen LogP contribution >= 0.6 is 12.2 Å². The normalized spacial score (nSPS) is 16.4. The number of aryl methyl sites for hydroxylation is 1. The molecule has 128 valence electrons. The zero-order chi connectivity index (χ0) is 17.1. The molecular weight excluding hydrogens is 322 g/mol. The molecular formula is C17H23N5OS. The SMILES string of the molecule is Cc1nn(CN2CCC(C(N)=O)CC2)c(=S)n1Cc1ccccc1. The maximum atomic E-state index is 11.3. The summed E-state index contributed by atoms with van der Waals surface area (Å²) in [6.45, 7) is 5.07. The molecule has 0 bridgehead atoms. The highest BCUT2D eigenvalue weighted by atomic mass is 32.1. The molecule has 1 aromatic carbocycles. The van der Waals surface area contributed by atoms with Crippen molar-refractivity contribution in [1.82, 2.24) is 19.2 Å². The van der Waals surface area contributed by atoms with E-state index in [2.05, 4.69) is 26.7 Å². The molecule has 2 heterocycles. The Bertz CT molecular complexity index is 759. The Hall–Kier alpha value is -1.99. The van der Waals surface area contributed by atoms with Crippen molar-refractivity contribution < 1.29 is 4.79 Å². The third-order valence-electron chi connectivity index (χ3n) is 4.62. The summed E-state index contributed by atoms with van der Waals surface area (Å²) in [5.41, 5.74) is 6.60. The zero-order valence-electron chi connectivity index (χ0n) is 13.9. The molecule has 1 aromatic heterocycles. The average Bonchev–Trinajstić information content (AvgIpc) is 2.84. The van der Waals surface area contributed by atoms with Crippen molar-refractivity contribution in [2.24, 2.45) is 11.7 Å².